The molecule has 0 bridgehead atoms. The van der Waals surface area contributed by atoms with Gasteiger partial charge in [-0.05, 0) is 36.4 Å². The Balaban J connectivity index is 2.46. The second kappa shape index (κ2) is 5.41. The van der Waals surface area contributed by atoms with Crippen LogP contribution in [0.1, 0.15) is 5.56 Å². The minimum absolute atomic E-state index is 0.0193. The van der Waals surface area contributed by atoms with Crippen LogP contribution < -0.4 is 10.5 Å². The SMILES string of the molecule is N#Cc1ccc(Cl)cc1S(=O)(=O)Nc1cccc(N)c1. The minimum Gasteiger partial charge on any atom is -0.399 e. The maximum absolute atomic E-state index is 12.3. The van der Waals surface area contributed by atoms with Crippen LogP contribution in [0.25, 0.3) is 0 Å². The number of anilines is 2. The van der Waals surface area contributed by atoms with Gasteiger partial charge in [-0.25, -0.2) is 8.42 Å². The van der Waals surface area contributed by atoms with Gasteiger partial charge >= 0.3 is 0 Å². The normalized spacial score (nSPS) is 10.8. The monoisotopic (exact) mass is 307 g/mol. The van der Waals surface area contributed by atoms with Crippen molar-refractivity contribution < 1.29 is 8.42 Å². The van der Waals surface area contributed by atoms with Crippen molar-refractivity contribution in [3.8, 4) is 6.07 Å². The van der Waals surface area contributed by atoms with Gasteiger partial charge in [-0.3, -0.25) is 4.72 Å². The van der Waals surface area contributed by atoms with Gasteiger partial charge in [-0.1, -0.05) is 17.7 Å². The molecule has 102 valence electrons. The van der Waals surface area contributed by atoms with Crippen molar-refractivity contribution in [2.24, 2.45) is 0 Å². The molecule has 0 spiro atoms. The number of benzene rings is 2. The fourth-order valence-electron chi connectivity index (χ4n) is 1.62. The quantitative estimate of drug-likeness (QED) is 0.852. The summed E-state index contributed by atoms with van der Waals surface area (Å²) in [6, 6.07) is 12.2. The third-order valence-corrected chi connectivity index (χ3v) is 4.15. The predicted molar refractivity (Wildman–Crippen MR) is 77.8 cm³/mol. The first-order valence-corrected chi connectivity index (χ1v) is 7.36. The summed E-state index contributed by atoms with van der Waals surface area (Å²) in [4.78, 5) is -0.171. The first-order chi connectivity index (χ1) is 9.42. The highest BCUT2D eigenvalue weighted by molar-refractivity contribution is 7.92. The van der Waals surface area contributed by atoms with Gasteiger partial charge in [0.2, 0.25) is 0 Å². The van der Waals surface area contributed by atoms with Crippen molar-refractivity contribution in [2.75, 3.05) is 10.5 Å². The number of nitriles is 1. The standard InChI is InChI=1S/C13H10ClN3O2S/c14-10-5-4-9(8-15)13(6-10)20(18,19)17-12-3-1-2-11(16)7-12/h1-7,17H,16H2. The Morgan fingerprint density at radius 1 is 1.20 bits per heavy atom. The molecule has 0 aliphatic rings. The Bertz CT molecular complexity index is 798. The lowest BCUT2D eigenvalue weighted by Crippen LogP contribution is -2.14. The highest BCUT2D eigenvalue weighted by atomic mass is 35.5. The maximum Gasteiger partial charge on any atom is 0.263 e. The molecule has 2 rings (SSSR count). The topological polar surface area (TPSA) is 96.0 Å². The zero-order valence-corrected chi connectivity index (χ0v) is 11.7. The average Bonchev–Trinajstić information content (AvgIpc) is 2.38. The molecule has 0 fully saturated rings. The number of hydrogen-bond donors (Lipinski definition) is 2. The van der Waals surface area contributed by atoms with E-state index in [4.69, 9.17) is 22.6 Å². The zero-order chi connectivity index (χ0) is 14.8. The minimum atomic E-state index is -3.91. The Hall–Kier alpha value is -2.23. The number of halogens is 1. The summed E-state index contributed by atoms with van der Waals surface area (Å²) < 4.78 is 26.9. The van der Waals surface area contributed by atoms with Crippen LogP contribution in [0.3, 0.4) is 0 Å². The van der Waals surface area contributed by atoms with Crippen LogP contribution in [0.4, 0.5) is 11.4 Å². The number of nitrogens with one attached hydrogen (secondary N) is 1. The molecule has 3 N–H and O–H groups in total. The molecule has 0 atom stereocenters. The summed E-state index contributed by atoms with van der Waals surface area (Å²) in [5, 5.41) is 9.21. The largest absolute Gasteiger partial charge is 0.399 e. The molecule has 0 saturated carbocycles. The first-order valence-electron chi connectivity index (χ1n) is 5.50. The van der Waals surface area contributed by atoms with E-state index in [9.17, 15) is 8.42 Å². The third kappa shape index (κ3) is 3.02. The summed E-state index contributed by atoms with van der Waals surface area (Å²) in [6.07, 6.45) is 0. The smallest absolute Gasteiger partial charge is 0.263 e. The second-order valence-electron chi connectivity index (χ2n) is 3.98. The van der Waals surface area contributed by atoms with Gasteiger partial charge in [0, 0.05) is 10.7 Å². The van der Waals surface area contributed by atoms with Gasteiger partial charge < -0.3 is 5.73 Å². The fourth-order valence-corrected chi connectivity index (χ4v) is 3.09. The summed E-state index contributed by atoms with van der Waals surface area (Å²) in [7, 11) is -3.91. The lowest BCUT2D eigenvalue weighted by molar-refractivity contribution is 0.601. The molecular weight excluding hydrogens is 298 g/mol. The number of rotatable bonds is 3. The maximum atomic E-state index is 12.3. The third-order valence-electron chi connectivity index (χ3n) is 2.49. The van der Waals surface area contributed by atoms with Crippen molar-refractivity contribution in [2.45, 2.75) is 4.90 Å². The molecule has 20 heavy (non-hydrogen) atoms. The van der Waals surface area contributed by atoms with E-state index in [1.165, 1.54) is 24.3 Å². The number of nitrogen functional groups attached to an aromatic ring is 1. The number of nitrogens with zero attached hydrogens (tertiary/aromatic N) is 1. The van der Waals surface area contributed by atoms with Crippen LogP contribution in [-0.4, -0.2) is 8.42 Å². The summed E-state index contributed by atoms with van der Waals surface area (Å²) in [6.45, 7) is 0. The van der Waals surface area contributed by atoms with Crippen LogP contribution >= 0.6 is 11.6 Å². The molecule has 2 aromatic rings. The van der Waals surface area contributed by atoms with Crippen LogP contribution in [-0.2, 0) is 10.0 Å². The molecule has 0 heterocycles. The highest BCUT2D eigenvalue weighted by Gasteiger charge is 2.19. The van der Waals surface area contributed by atoms with E-state index in [0.29, 0.717) is 11.4 Å². The van der Waals surface area contributed by atoms with Crippen LogP contribution in [0.5, 0.6) is 0 Å². The van der Waals surface area contributed by atoms with Gasteiger partial charge in [-0.2, -0.15) is 5.26 Å². The van der Waals surface area contributed by atoms with Crippen LogP contribution in [0.15, 0.2) is 47.4 Å². The van der Waals surface area contributed by atoms with E-state index in [2.05, 4.69) is 4.72 Å². The van der Waals surface area contributed by atoms with Crippen LogP contribution in [0, 0.1) is 11.3 Å². The van der Waals surface area contributed by atoms with E-state index in [1.54, 1.807) is 18.2 Å². The Labute approximate surface area is 121 Å². The van der Waals surface area contributed by atoms with Crippen molar-refractivity contribution in [3.63, 3.8) is 0 Å². The number of hydrogen-bond acceptors (Lipinski definition) is 4. The average molecular weight is 308 g/mol. The van der Waals surface area contributed by atoms with E-state index >= 15 is 0 Å². The van der Waals surface area contributed by atoms with E-state index < -0.39 is 10.0 Å². The van der Waals surface area contributed by atoms with Crippen molar-refractivity contribution in [1.29, 1.82) is 5.26 Å². The molecule has 0 radical (unpaired) electrons. The van der Waals surface area contributed by atoms with Crippen molar-refractivity contribution in [1.82, 2.24) is 0 Å². The molecule has 2 aromatic carbocycles. The lowest BCUT2D eigenvalue weighted by atomic mass is 10.2. The molecule has 5 nitrogen and oxygen atoms in total. The highest BCUT2D eigenvalue weighted by Crippen LogP contribution is 2.23. The first kappa shape index (κ1) is 14.2. The Morgan fingerprint density at radius 2 is 1.95 bits per heavy atom. The molecule has 0 unspecified atom stereocenters. The number of nitrogens with two attached hydrogens (primary N) is 1. The summed E-state index contributed by atoms with van der Waals surface area (Å²) in [5.41, 5.74) is 6.35. The molecule has 0 aliphatic carbocycles. The molecular formula is C13H10ClN3O2S. The van der Waals surface area contributed by atoms with E-state index in [1.807, 2.05) is 6.07 Å². The van der Waals surface area contributed by atoms with Crippen molar-refractivity contribution >= 4 is 33.0 Å². The molecule has 0 amide bonds. The van der Waals surface area contributed by atoms with Gasteiger partial charge in [-0.15, -0.1) is 0 Å². The molecule has 0 aliphatic heterocycles. The molecule has 0 aromatic heterocycles. The van der Waals surface area contributed by atoms with Gasteiger partial charge in [0.25, 0.3) is 10.0 Å². The molecule has 0 saturated heterocycles. The Kier molecular flexibility index (Phi) is 3.84. The van der Waals surface area contributed by atoms with Gasteiger partial charge in [0.1, 0.15) is 11.0 Å². The van der Waals surface area contributed by atoms with Gasteiger partial charge in [0.15, 0.2) is 0 Å². The van der Waals surface area contributed by atoms with E-state index in [-0.39, 0.29) is 15.5 Å². The Morgan fingerprint density at radius 3 is 2.60 bits per heavy atom. The zero-order valence-electron chi connectivity index (χ0n) is 10.2. The van der Waals surface area contributed by atoms with Gasteiger partial charge in [0.05, 0.1) is 11.3 Å². The van der Waals surface area contributed by atoms with Crippen molar-refractivity contribution in [3.05, 3.63) is 53.1 Å². The fraction of sp³-hybridized carbons (Fsp3) is 0. The predicted octanol–water partition coefficient (Wildman–Crippen LogP) is 2.59. The number of sulfonamides is 1. The lowest BCUT2D eigenvalue weighted by Gasteiger charge is -2.10. The molecule has 7 heteroatoms. The second-order valence-corrected chi connectivity index (χ2v) is 6.07. The van der Waals surface area contributed by atoms with E-state index in [0.717, 1.165) is 0 Å². The summed E-state index contributed by atoms with van der Waals surface area (Å²) in [5.74, 6) is 0. The van der Waals surface area contributed by atoms with Crippen LogP contribution in [0.2, 0.25) is 5.02 Å². The summed E-state index contributed by atoms with van der Waals surface area (Å²) >= 11 is 5.79.